The molecule has 29 heavy (non-hydrogen) atoms. The molecule has 0 spiro atoms. The van der Waals surface area contributed by atoms with Gasteiger partial charge < -0.3 is 19.8 Å². The van der Waals surface area contributed by atoms with E-state index in [-0.39, 0.29) is 11.7 Å². The van der Waals surface area contributed by atoms with Crippen LogP contribution in [0.25, 0.3) is 10.9 Å². The molecular weight excluding hydrogens is 364 g/mol. The molecule has 1 aromatic heterocycles. The minimum absolute atomic E-state index is 0.107. The Morgan fingerprint density at radius 2 is 1.66 bits per heavy atom. The van der Waals surface area contributed by atoms with Crippen molar-refractivity contribution in [3.63, 3.8) is 0 Å². The molecule has 0 atom stereocenters. The van der Waals surface area contributed by atoms with Crippen LogP contribution >= 0.6 is 0 Å². The molecule has 0 fully saturated rings. The number of hydrogen-bond acceptors (Lipinski definition) is 4. The standard InChI is InChI=1S/C24H38N2O3/c1-5-7-9-10-11-12-15-26-21-17-19(25)13-14-20(21)22(28-16-8-6-2)23(24(26)27)29-18(3)4/h13-14,17-18H,5-12,15-16,25H2,1-4H3. The summed E-state index contributed by atoms with van der Waals surface area (Å²) in [5, 5.41) is 0.886. The highest BCUT2D eigenvalue weighted by atomic mass is 16.5. The third-order valence-electron chi connectivity index (χ3n) is 5.04. The average molecular weight is 403 g/mol. The average Bonchev–Trinajstić information content (AvgIpc) is 2.68. The second-order valence-corrected chi connectivity index (χ2v) is 8.03. The first-order chi connectivity index (χ1) is 14.0. The maximum atomic E-state index is 13.4. The van der Waals surface area contributed by atoms with Gasteiger partial charge in [-0.2, -0.15) is 0 Å². The molecule has 0 radical (unpaired) electrons. The lowest BCUT2D eigenvalue weighted by Crippen LogP contribution is -2.25. The number of nitrogens with two attached hydrogens (primary N) is 1. The number of nitrogens with zero attached hydrogens (tertiary/aromatic N) is 1. The molecule has 2 rings (SSSR count). The van der Waals surface area contributed by atoms with Crippen LogP contribution in [0.2, 0.25) is 0 Å². The van der Waals surface area contributed by atoms with Crippen LogP contribution in [0, 0.1) is 0 Å². The highest BCUT2D eigenvalue weighted by Gasteiger charge is 2.20. The number of fused-ring (bicyclic) bond motifs is 1. The van der Waals surface area contributed by atoms with E-state index in [2.05, 4.69) is 13.8 Å². The van der Waals surface area contributed by atoms with E-state index in [4.69, 9.17) is 15.2 Å². The number of ether oxygens (including phenoxy) is 2. The summed E-state index contributed by atoms with van der Waals surface area (Å²) in [6, 6.07) is 5.67. The van der Waals surface area contributed by atoms with E-state index in [0.29, 0.717) is 30.3 Å². The van der Waals surface area contributed by atoms with Gasteiger partial charge in [-0.3, -0.25) is 4.79 Å². The molecule has 0 saturated carbocycles. The lowest BCUT2D eigenvalue weighted by molar-refractivity contribution is 0.216. The molecular formula is C24H38N2O3. The lowest BCUT2D eigenvalue weighted by atomic mass is 10.1. The third kappa shape index (κ3) is 6.41. The van der Waals surface area contributed by atoms with E-state index in [0.717, 1.165) is 36.6 Å². The molecule has 2 aromatic rings. The Balaban J connectivity index is 2.43. The quantitative estimate of drug-likeness (QED) is 0.334. The third-order valence-corrected chi connectivity index (χ3v) is 5.04. The predicted octanol–water partition coefficient (Wildman–Crippen LogP) is 5.91. The first-order valence-corrected chi connectivity index (χ1v) is 11.2. The fourth-order valence-electron chi connectivity index (χ4n) is 3.49. The van der Waals surface area contributed by atoms with Gasteiger partial charge in [-0.15, -0.1) is 0 Å². The van der Waals surface area contributed by atoms with E-state index >= 15 is 0 Å². The van der Waals surface area contributed by atoms with Gasteiger partial charge in [-0.1, -0.05) is 52.4 Å². The zero-order valence-corrected chi connectivity index (χ0v) is 18.6. The number of hydrogen-bond donors (Lipinski definition) is 1. The summed E-state index contributed by atoms with van der Waals surface area (Å²) in [7, 11) is 0. The van der Waals surface area contributed by atoms with Gasteiger partial charge in [0.05, 0.1) is 18.2 Å². The highest BCUT2D eigenvalue weighted by Crippen LogP contribution is 2.34. The lowest BCUT2D eigenvalue weighted by Gasteiger charge is -2.20. The summed E-state index contributed by atoms with van der Waals surface area (Å²) >= 11 is 0. The van der Waals surface area contributed by atoms with Gasteiger partial charge >= 0.3 is 0 Å². The molecule has 0 bridgehead atoms. The van der Waals surface area contributed by atoms with Crippen LogP contribution in [0.4, 0.5) is 5.69 Å². The zero-order chi connectivity index (χ0) is 21.2. The van der Waals surface area contributed by atoms with Gasteiger partial charge in [0.15, 0.2) is 5.75 Å². The molecule has 5 nitrogen and oxygen atoms in total. The fraction of sp³-hybridized carbons (Fsp3) is 0.625. The Hall–Kier alpha value is -2.17. The molecule has 0 aliphatic carbocycles. The summed E-state index contributed by atoms with van der Waals surface area (Å²) in [5.41, 5.74) is 7.40. The van der Waals surface area contributed by atoms with Crippen molar-refractivity contribution in [3.8, 4) is 11.5 Å². The summed E-state index contributed by atoms with van der Waals surface area (Å²) in [6.07, 6.45) is 8.90. The van der Waals surface area contributed by atoms with Crippen LogP contribution in [-0.2, 0) is 6.54 Å². The van der Waals surface area contributed by atoms with Gasteiger partial charge in [0.2, 0.25) is 5.75 Å². The number of anilines is 1. The maximum Gasteiger partial charge on any atom is 0.297 e. The van der Waals surface area contributed by atoms with Crippen molar-refractivity contribution in [1.82, 2.24) is 4.57 Å². The molecule has 0 saturated heterocycles. The van der Waals surface area contributed by atoms with Crippen LogP contribution in [0.3, 0.4) is 0 Å². The molecule has 0 aliphatic rings. The van der Waals surface area contributed by atoms with Crippen molar-refractivity contribution >= 4 is 16.6 Å². The minimum atomic E-state index is -0.128. The molecule has 1 aromatic carbocycles. The topological polar surface area (TPSA) is 66.5 Å². The van der Waals surface area contributed by atoms with Gasteiger partial charge in [0.25, 0.3) is 5.56 Å². The first-order valence-electron chi connectivity index (χ1n) is 11.2. The SMILES string of the molecule is CCCCCCCCn1c(=O)c(OC(C)C)c(OCCCC)c2ccc(N)cc21. The predicted molar refractivity (Wildman–Crippen MR) is 122 cm³/mol. The van der Waals surface area contributed by atoms with Crippen LogP contribution in [0.1, 0.15) is 79.1 Å². The van der Waals surface area contributed by atoms with Crippen LogP contribution in [0.15, 0.2) is 23.0 Å². The molecule has 0 amide bonds. The normalized spacial score (nSPS) is 11.3. The second-order valence-electron chi connectivity index (χ2n) is 8.03. The number of aromatic nitrogens is 1. The Morgan fingerprint density at radius 3 is 2.34 bits per heavy atom. The van der Waals surface area contributed by atoms with E-state index < -0.39 is 0 Å². The van der Waals surface area contributed by atoms with Gasteiger partial charge in [-0.05, 0) is 44.9 Å². The molecule has 162 valence electrons. The number of pyridine rings is 1. The number of nitrogen functional groups attached to an aromatic ring is 1. The van der Waals surface area contributed by atoms with E-state index in [1.807, 2.05) is 36.6 Å². The number of aryl methyl sites for hydroxylation is 1. The van der Waals surface area contributed by atoms with Crippen molar-refractivity contribution in [2.45, 2.75) is 91.7 Å². The minimum Gasteiger partial charge on any atom is -0.489 e. The smallest absolute Gasteiger partial charge is 0.297 e. The maximum absolute atomic E-state index is 13.4. The molecule has 0 aliphatic heterocycles. The van der Waals surface area contributed by atoms with E-state index in [1.165, 1.54) is 25.7 Å². The summed E-state index contributed by atoms with van der Waals surface area (Å²) in [6.45, 7) is 9.42. The monoisotopic (exact) mass is 402 g/mol. The summed E-state index contributed by atoms with van der Waals surface area (Å²) in [4.78, 5) is 13.4. The number of benzene rings is 1. The van der Waals surface area contributed by atoms with Gasteiger partial charge in [0.1, 0.15) is 0 Å². The highest BCUT2D eigenvalue weighted by molar-refractivity contribution is 5.90. The Morgan fingerprint density at radius 1 is 0.966 bits per heavy atom. The van der Waals surface area contributed by atoms with Crippen molar-refractivity contribution in [2.75, 3.05) is 12.3 Å². The van der Waals surface area contributed by atoms with Crippen LogP contribution in [0.5, 0.6) is 11.5 Å². The van der Waals surface area contributed by atoms with Crippen LogP contribution in [-0.4, -0.2) is 17.3 Å². The van der Waals surface area contributed by atoms with E-state index in [1.54, 1.807) is 0 Å². The van der Waals surface area contributed by atoms with E-state index in [9.17, 15) is 4.79 Å². The van der Waals surface area contributed by atoms with Gasteiger partial charge in [0, 0.05) is 17.6 Å². The van der Waals surface area contributed by atoms with Crippen molar-refractivity contribution in [1.29, 1.82) is 0 Å². The van der Waals surface area contributed by atoms with Crippen LogP contribution < -0.4 is 20.8 Å². The molecule has 5 heteroatoms. The number of unbranched alkanes of at least 4 members (excludes halogenated alkanes) is 6. The van der Waals surface area contributed by atoms with Crippen molar-refractivity contribution in [2.24, 2.45) is 0 Å². The molecule has 0 unspecified atom stereocenters. The molecule has 2 N–H and O–H groups in total. The number of rotatable bonds is 13. The summed E-state index contributed by atoms with van der Waals surface area (Å²) < 4.78 is 13.8. The first kappa shape index (κ1) is 23.1. The summed E-state index contributed by atoms with van der Waals surface area (Å²) in [5.74, 6) is 0.866. The molecule has 1 heterocycles. The Kier molecular flexibility index (Phi) is 9.36. The Bertz CT molecular complexity index is 827. The zero-order valence-electron chi connectivity index (χ0n) is 18.6. The fourth-order valence-corrected chi connectivity index (χ4v) is 3.49. The van der Waals surface area contributed by atoms with Gasteiger partial charge in [-0.25, -0.2) is 0 Å². The second kappa shape index (κ2) is 11.7. The largest absolute Gasteiger partial charge is 0.489 e. The Labute approximate surface area is 175 Å². The van der Waals surface area contributed by atoms with Crippen molar-refractivity contribution in [3.05, 3.63) is 28.6 Å². The van der Waals surface area contributed by atoms with Crippen molar-refractivity contribution < 1.29 is 9.47 Å².